The molecule has 3 N–H and O–H groups in total. The maximum absolute atomic E-state index is 13.3. The van der Waals surface area contributed by atoms with Crippen molar-refractivity contribution in [1.29, 1.82) is 0 Å². The van der Waals surface area contributed by atoms with E-state index in [9.17, 15) is 26.4 Å². The van der Waals surface area contributed by atoms with E-state index in [1.54, 1.807) is 0 Å². The normalized spacial score (nSPS) is 13.2. The summed E-state index contributed by atoms with van der Waals surface area (Å²) in [6, 6.07) is -1.47. The predicted octanol–water partition coefficient (Wildman–Crippen LogP) is 0.218. The van der Waals surface area contributed by atoms with Crippen LogP contribution in [0.5, 0.6) is 0 Å². The van der Waals surface area contributed by atoms with Crippen LogP contribution >= 0.6 is 0 Å². The van der Waals surface area contributed by atoms with Crippen molar-refractivity contribution in [2.24, 2.45) is 0 Å². The summed E-state index contributed by atoms with van der Waals surface area (Å²) in [5.41, 5.74) is 0. The van der Waals surface area contributed by atoms with Crippen molar-refractivity contribution in [3.05, 3.63) is 29.6 Å². The van der Waals surface area contributed by atoms with E-state index in [0.717, 1.165) is 0 Å². The number of aliphatic hydroxyl groups is 1. The lowest BCUT2D eigenvalue weighted by atomic mass is 10.2. The van der Waals surface area contributed by atoms with Crippen LogP contribution in [-0.2, 0) is 14.8 Å². The molecule has 10 heteroatoms. The molecule has 112 valence electrons. The number of benzene rings is 1. The Morgan fingerprint density at radius 2 is 1.75 bits per heavy atom. The van der Waals surface area contributed by atoms with E-state index in [4.69, 9.17) is 10.2 Å². The zero-order valence-corrected chi connectivity index (χ0v) is 10.6. The lowest BCUT2D eigenvalue weighted by Gasteiger charge is -2.14. The van der Waals surface area contributed by atoms with Crippen LogP contribution < -0.4 is 4.72 Å². The van der Waals surface area contributed by atoms with E-state index in [0.29, 0.717) is 0 Å². The van der Waals surface area contributed by atoms with Gasteiger partial charge in [0.25, 0.3) is 0 Å². The highest BCUT2D eigenvalue weighted by Crippen LogP contribution is 2.20. The lowest BCUT2D eigenvalue weighted by Crippen LogP contribution is -2.41. The Morgan fingerprint density at radius 3 is 2.15 bits per heavy atom. The van der Waals surface area contributed by atoms with Gasteiger partial charge in [0.15, 0.2) is 4.90 Å². The molecular formula is C10H10F3NO5S. The topological polar surface area (TPSA) is 104 Å². The fourth-order valence-electron chi connectivity index (χ4n) is 1.39. The SMILES string of the molecule is O=C(O)C(CCO)NS(=O)(=O)c1c(F)cc(F)cc1F. The molecular weight excluding hydrogens is 303 g/mol. The van der Waals surface area contributed by atoms with Gasteiger partial charge >= 0.3 is 5.97 Å². The summed E-state index contributed by atoms with van der Waals surface area (Å²) < 4.78 is 64.3. The van der Waals surface area contributed by atoms with Crippen LogP contribution in [-0.4, -0.2) is 37.2 Å². The third-order valence-electron chi connectivity index (χ3n) is 2.25. The third-order valence-corrected chi connectivity index (χ3v) is 3.77. The second-order valence-electron chi connectivity index (χ2n) is 3.72. The Bertz CT molecular complexity index is 596. The van der Waals surface area contributed by atoms with E-state index in [1.807, 2.05) is 0 Å². The van der Waals surface area contributed by atoms with Crippen molar-refractivity contribution >= 4 is 16.0 Å². The molecule has 6 nitrogen and oxygen atoms in total. The molecule has 1 aromatic rings. The van der Waals surface area contributed by atoms with Crippen LogP contribution in [0.2, 0.25) is 0 Å². The Kier molecular flexibility index (Phi) is 5.09. The standard InChI is InChI=1S/C10H10F3NO5S/c11-5-3-6(12)9(7(13)4-5)20(18,19)14-8(1-2-15)10(16)17/h3-4,8,14-15H,1-2H2,(H,16,17). The summed E-state index contributed by atoms with van der Waals surface area (Å²) in [6.45, 7) is -0.659. The minimum atomic E-state index is -4.86. The van der Waals surface area contributed by atoms with Crippen molar-refractivity contribution in [2.75, 3.05) is 6.61 Å². The minimum absolute atomic E-state index is 0.152. The first kappa shape index (κ1) is 16.4. The molecule has 0 aromatic heterocycles. The fourth-order valence-corrected chi connectivity index (χ4v) is 2.74. The number of sulfonamides is 1. The average Bonchev–Trinajstić information content (AvgIpc) is 2.25. The van der Waals surface area contributed by atoms with Crippen molar-refractivity contribution < 1.29 is 36.6 Å². The highest BCUT2D eigenvalue weighted by molar-refractivity contribution is 7.89. The van der Waals surface area contributed by atoms with Gasteiger partial charge in [-0.2, -0.15) is 4.72 Å². The zero-order chi connectivity index (χ0) is 15.5. The molecule has 1 aromatic carbocycles. The maximum Gasteiger partial charge on any atom is 0.321 e. The van der Waals surface area contributed by atoms with E-state index < -0.39 is 57.4 Å². The van der Waals surface area contributed by atoms with Gasteiger partial charge in [-0.3, -0.25) is 4.79 Å². The van der Waals surface area contributed by atoms with Gasteiger partial charge in [-0.15, -0.1) is 0 Å². The van der Waals surface area contributed by atoms with E-state index in [1.165, 1.54) is 4.72 Å². The molecule has 0 aliphatic carbocycles. The van der Waals surface area contributed by atoms with Crippen molar-refractivity contribution in [3.8, 4) is 0 Å². The summed E-state index contributed by atoms with van der Waals surface area (Å²) in [5, 5.41) is 17.3. The van der Waals surface area contributed by atoms with E-state index in [2.05, 4.69) is 0 Å². The lowest BCUT2D eigenvalue weighted by molar-refractivity contribution is -0.139. The number of hydrogen-bond donors (Lipinski definition) is 3. The van der Waals surface area contributed by atoms with Gasteiger partial charge in [-0.25, -0.2) is 21.6 Å². The maximum atomic E-state index is 13.3. The second kappa shape index (κ2) is 6.20. The summed E-state index contributed by atoms with van der Waals surface area (Å²) in [6.07, 6.45) is -0.501. The molecule has 1 rings (SSSR count). The first-order valence-corrected chi connectivity index (χ1v) is 6.68. The molecule has 0 fully saturated rings. The van der Waals surface area contributed by atoms with Crippen molar-refractivity contribution in [2.45, 2.75) is 17.4 Å². The minimum Gasteiger partial charge on any atom is -0.480 e. The van der Waals surface area contributed by atoms with E-state index >= 15 is 0 Å². The largest absolute Gasteiger partial charge is 0.480 e. The Morgan fingerprint density at radius 1 is 1.25 bits per heavy atom. The van der Waals surface area contributed by atoms with Gasteiger partial charge in [-0.1, -0.05) is 0 Å². The number of halogens is 3. The van der Waals surface area contributed by atoms with E-state index in [-0.39, 0.29) is 12.1 Å². The number of carboxylic acids is 1. The number of rotatable bonds is 6. The predicted molar refractivity (Wildman–Crippen MR) is 59.8 cm³/mol. The van der Waals surface area contributed by atoms with Gasteiger partial charge in [-0.05, 0) is 6.42 Å². The van der Waals surface area contributed by atoms with Gasteiger partial charge in [0.1, 0.15) is 23.5 Å². The van der Waals surface area contributed by atoms with Crippen molar-refractivity contribution in [3.63, 3.8) is 0 Å². The molecule has 0 amide bonds. The molecule has 0 bridgehead atoms. The zero-order valence-electron chi connectivity index (χ0n) is 9.81. The molecule has 0 radical (unpaired) electrons. The first-order valence-electron chi connectivity index (χ1n) is 5.19. The molecule has 20 heavy (non-hydrogen) atoms. The quantitative estimate of drug-likeness (QED) is 0.697. The number of aliphatic carboxylic acids is 1. The molecule has 1 atom stereocenters. The molecule has 0 aliphatic heterocycles. The number of nitrogens with one attached hydrogen (secondary N) is 1. The summed E-state index contributed by atoms with van der Waals surface area (Å²) in [5.74, 6) is -6.33. The van der Waals surface area contributed by atoms with Crippen LogP contribution in [0.4, 0.5) is 13.2 Å². The van der Waals surface area contributed by atoms with Gasteiger partial charge in [0.05, 0.1) is 0 Å². The van der Waals surface area contributed by atoms with Crippen LogP contribution in [0.15, 0.2) is 17.0 Å². The number of carboxylic acid groups (broad SMARTS) is 1. The van der Waals surface area contributed by atoms with Crippen LogP contribution in [0.25, 0.3) is 0 Å². The highest BCUT2D eigenvalue weighted by Gasteiger charge is 2.30. The number of hydrogen-bond acceptors (Lipinski definition) is 4. The average molecular weight is 313 g/mol. The van der Waals surface area contributed by atoms with Gasteiger partial charge in [0.2, 0.25) is 10.0 Å². The van der Waals surface area contributed by atoms with Crippen LogP contribution in [0.3, 0.4) is 0 Å². The van der Waals surface area contributed by atoms with Crippen LogP contribution in [0, 0.1) is 17.5 Å². The molecule has 0 heterocycles. The Hall–Kier alpha value is -1.65. The summed E-state index contributed by atoms with van der Waals surface area (Å²) in [4.78, 5) is 9.25. The first-order chi connectivity index (χ1) is 9.19. The number of carbonyl (C=O) groups is 1. The summed E-state index contributed by atoms with van der Waals surface area (Å²) >= 11 is 0. The fraction of sp³-hybridized carbons (Fsp3) is 0.300. The Balaban J connectivity index is 3.20. The molecule has 0 spiro atoms. The second-order valence-corrected chi connectivity index (χ2v) is 5.37. The Labute approximate surface area is 111 Å². The van der Waals surface area contributed by atoms with Crippen LogP contribution in [0.1, 0.15) is 6.42 Å². The molecule has 1 unspecified atom stereocenters. The van der Waals surface area contributed by atoms with Gasteiger partial charge < -0.3 is 10.2 Å². The molecule has 0 saturated heterocycles. The monoisotopic (exact) mass is 313 g/mol. The van der Waals surface area contributed by atoms with Crippen molar-refractivity contribution in [1.82, 2.24) is 4.72 Å². The number of aliphatic hydroxyl groups excluding tert-OH is 1. The molecule has 0 aliphatic rings. The summed E-state index contributed by atoms with van der Waals surface area (Å²) in [7, 11) is -4.86. The smallest absolute Gasteiger partial charge is 0.321 e. The molecule has 0 saturated carbocycles. The van der Waals surface area contributed by atoms with Gasteiger partial charge in [0, 0.05) is 18.7 Å². The highest BCUT2D eigenvalue weighted by atomic mass is 32.2. The third kappa shape index (κ3) is 3.68.